The van der Waals surface area contributed by atoms with Gasteiger partial charge < -0.3 is 0 Å². The zero-order chi connectivity index (χ0) is 15.5. The molecule has 0 saturated heterocycles. The van der Waals surface area contributed by atoms with Crippen molar-refractivity contribution >= 4 is 17.0 Å². The summed E-state index contributed by atoms with van der Waals surface area (Å²) >= 11 is 1.55. The molecule has 0 atom stereocenters. The number of non-ortho nitro benzene ring substituents is 1. The third-order valence-corrected chi connectivity index (χ3v) is 4.28. The van der Waals surface area contributed by atoms with Crippen LogP contribution in [0.5, 0.6) is 0 Å². The maximum Gasteiger partial charge on any atom is 0.269 e. The van der Waals surface area contributed by atoms with Crippen molar-refractivity contribution in [3.05, 3.63) is 63.8 Å². The lowest BCUT2D eigenvalue weighted by atomic mass is 10.1. The molecule has 3 aromatic rings. The normalized spacial score (nSPS) is 10.6. The summed E-state index contributed by atoms with van der Waals surface area (Å²) in [5, 5.41) is 13.6. The molecule has 0 spiro atoms. The summed E-state index contributed by atoms with van der Waals surface area (Å²) in [5.74, 6) is 0. The van der Waals surface area contributed by atoms with Gasteiger partial charge in [0.05, 0.1) is 10.6 Å². The number of rotatable bonds is 4. The van der Waals surface area contributed by atoms with Gasteiger partial charge in [-0.3, -0.25) is 15.1 Å². The monoisotopic (exact) mass is 311 g/mol. The quantitative estimate of drug-likeness (QED) is 0.531. The maximum atomic E-state index is 10.7. The van der Waals surface area contributed by atoms with E-state index < -0.39 is 4.92 Å². The van der Waals surface area contributed by atoms with E-state index in [0.29, 0.717) is 0 Å². The number of nitro groups is 1. The second kappa shape index (κ2) is 6.03. The Morgan fingerprint density at radius 3 is 2.68 bits per heavy atom. The van der Waals surface area contributed by atoms with E-state index in [1.165, 1.54) is 17.7 Å². The number of hydrogen-bond acceptors (Lipinski definition) is 5. The number of aromatic nitrogens is 2. The summed E-state index contributed by atoms with van der Waals surface area (Å²) in [6.45, 7) is 2.10. The van der Waals surface area contributed by atoms with Gasteiger partial charge in [0.15, 0.2) is 0 Å². The summed E-state index contributed by atoms with van der Waals surface area (Å²) in [5.41, 5.74) is 4.03. The minimum atomic E-state index is -0.403. The third-order valence-electron chi connectivity index (χ3n) is 3.40. The second-order valence-corrected chi connectivity index (χ2v) is 5.59. The Kier molecular flexibility index (Phi) is 3.93. The van der Waals surface area contributed by atoms with Crippen LogP contribution in [0.25, 0.3) is 21.8 Å². The van der Waals surface area contributed by atoms with Crippen molar-refractivity contribution in [1.82, 2.24) is 9.97 Å². The van der Waals surface area contributed by atoms with Crippen LogP contribution in [0, 0.1) is 10.1 Å². The first-order chi connectivity index (χ1) is 10.7. The molecule has 0 aliphatic rings. The molecule has 0 N–H and O–H groups in total. The van der Waals surface area contributed by atoms with Crippen LogP contribution in [0.4, 0.5) is 5.69 Å². The standard InChI is InChI=1S/C16H13N3O2S/c1-2-11-7-8-17-9-14(11)16-18-15(10-22-16)12-3-5-13(6-4-12)19(20)21/h3-10H,2H2,1H3. The summed E-state index contributed by atoms with van der Waals surface area (Å²) in [7, 11) is 0. The SMILES string of the molecule is CCc1ccncc1-c1nc(-c2ccc([N+](=O)[O-])cc2)cs1. The minimum Gasteiger partial charge on any atom is -0.264 e. The van der Waals surface area contributed by atoms with Gasteiger partial charge in [-0.2, -0.15) is 0 Å². The highest BCUT2D eigenvalue weighted by Gasteiger charge is 2.11. The van der Waals surface area contributed by atoms with Crippen LogP contribution in [-0.4, -0.2) is 14.9 Å². The average Bonchev–Trinajstić information content (AvgIpc) is 3.04. The van der Waals surface area contributed by atoms with Crippen LogP contribution in [0.2, 0.25) is 0 Å². The molecule has 6 heteroatoms. The lowest BCUT2D eigenvalue weighted by Gasteiger charge is -2.02. The summed E-state index contributed by atoms with van der Waals surface area (Å²) in [6, 6.07) is 8.44. The predicted molar refractivity (Wildman–Crippen MR) is 86.8 cm³/mol. The zero-order valence-corrected chi connectivity index (χ0v) is 12.7. The van der Waals surface area contributed by atoms with E-state index in [1.54, 1.807) is 29.7 Å². The Morgan fingerprint density at radius 1 is 1.23 bits per heavy atom. The highest BCUT2D eigenvalue weighted by Crippen LogP contribution is 2.31. The van der Waals surface area contributed by atoms with Crippen molar-refractivity contribution < 1.29 is 4.92 Å². The minimum absolute atomic E-state index is 0.0831. The van der Waals surface area contributed by atoms with Gasteiger partial charge in [0.2, 0.25) is 0 Å². The molecule has 0 unspecified atom stereocenters. The lowest BCUT2D eigenvalue weighted by Crippen LogP contribution is -1.89. The fourth-order valence-corrected chi connectivity index (χ4v) is 3.08. The zero-order valence-electron chi connectivity index (χ0n) is 11.9. The first-order valence-electron chi connectivity index (χ1n) is 6.82. The summed E-state index contributed by atoms with van der Waals surface area (Å²) < 4.78 is 0. The predicted octanol–water partition coefficient (Wildman–Crippen LogP) is 4.34. The van der Waals surface area contributed by atoms with Crippen LogP contribution in [0.15, 0.2) is 48.1 Å². The Balaban J connectivity index is 1.95. The summed E-state index contributed by atoms with van der Waals surface area (Å²) in [6.07, 6.45) is 4.54. The Labute approximate surface area is 131 Å². The van der Waals surface area contributed by atoms with Gasteiger partial charge in [0.25, 0.3) is 5.69 Å². The van der Waals surface area contributed by atoms with E-state index in [4.69, 9.17) is 0 Å². The van der Waals surface area contributed by atoms with Crippen molar-refractivity contribution in [2.75, 3.05) is 0 Å². The van der Waals surface area contributed by atoms with Gasteiger partial charge in [-0.1, -0.05) is 6.92 Å². The fourth-order valence-electron chi connectivity index (χ4n) is 2.21. The molecule has 0 aliphatic carbocycles. The third kappa shape index (κ3) is 2.73. The van der Waals surface area contributed by atoms with Gasteiger partial charge in [-0.05, 0) is 30.2 Å². The molecular formula is C16H13N3O2S. The Bertz CT molecular complexity index is 812. The molecule has 0 bridgehead atoms. The fraction of sp³-hybridized carbons (Fsp3) is 0.125. The highest BCUT2D eigenvalue weighted by atomic mass is 32.1. The molecule has 110 valence electrons. The molecule has 1 aromatic carbocycles. The molecule has 0 saturated carbocycles. The molecule has 2 aromatic heterocycles. The van der Waals surface area contributed by atoms with E-state index in [1.807, 2.05) is 17.6 Å². The van der Waals surface area contributed by atoms with E-state index >= 15 is 0 Å². The van der Waals surface area contributed by atoms with E-state index in [0.717, 1.165) is 28.2 Å². The van der Waals surface area contributed by atoms with Crippen LogP contribution < -0.4 is 0 Å². The summed E-state index contributed by atoms with van der Waals surface area (Å²) in [4.78, 5) is 19.1. The van der Waals surface area contributed by atoms with Crippen LogP contribution >= 0.6 is 11.3 Å². The molecule has 5 nitrogen and oxygen atoms in total. The Morgan fingerprint density at radius 2 is 2.00 bits per heavy atom. The molecule has 3 rings (SSSR count). The van der Waals surface area contributed by atoms with Gasteiger partial charge in [0.1, 0.15) is 5.01 Å². The van der Waals surface area contributed by atoms with E-state index in [2.05, 4.69) is 16.9 Å². The smallest absolute Gasteiger partial charge is 0.264 e. The van der Waals surface area contributed by atoms with Crippen molar-refractivity contribution in [1.29, 1.82) is 0 Å². The van der Waals surface area contributed by atoms with Crippen LogP contribution in [-0.2, 0) is 6.42 Å². The van der Waals surface area contributed by atoms with Crippen molar-refractivity contribution in [3.63, 3.8) is 0 Å². The van der Waals surface area contributed by atoms with Gasteiger partial charge in [-0.15, -0.1) is 11.3 Å². The number of hydrogen-bond donors (Lipinski definition) is 0. The van der Waals surface area contributed by atoms with Crippen molar-refractivity contribution in [3.8, 4) is 21.8 Å². The molecule has 0 amide bonds. The van der Waals surface area contributed by atoms with Gasteiger partial charge >= 0.3 is 0 Å². The van der Waals surface area contributed by atoms with Gasteiger partial charge in [0, 0.05) is 41.0 Å². The largest absolute Gasteiger partial charge is 0.269 e. The van der Waals surface area contributed by atoms with Gasteiger partial charge in [-0.25, -0.2) is 4.98 Å². The Hall–Kier alpha value is -2.60. The molecule has 0 radical (unpaired) electrons. The number of thiazole rings is 1. The lowest BCUT2D eigenvalue weighted by molar-refractivity contribution is -0.384. The number of aryl methyl sites for hydroxylation is 1. The number of pyridine rings is 1. The second-order valence-electron chi connectivity index (χ2n) is 4.73. The van der Waals surface area contributed by atoms with E-state index in [9.17, 15) is 10.1 Å². The van der Waals surface area contributed by atoms with Crippen molar-refractivity contribution in [2.24, 2.45) is 0 Å². The molecule has 0 fully saturated rings. The van der Waals surface area contributed by atoms with Crippen LogP contribution in [0.1, 0.15) is 12.5 Å². The molecular weight excluding hydrogens is 298 g/mol. The topological polar surface area (TPSA) is 68.9 Å². The highest BCUT2D eigenvalue weighted by molar-refractivity contribution is 7.13. The maximum absolute atomic E-state index is 10.7. The molecule has 0 aliphatic heterocycles. The molecule has 22 heavy (non-hydrogen) atoms. The number of benzene rings is 1. The first kappa shape index (κ1) is 14.3. The van der Waals surface area contributed by atoms with E-state index in [-0.39, 0.29) is 5.69 Å². The number of nitro benzene ring substituents is 1. The molecule has 2 heterocycles. The van der Waals surface area contributed by atoms with Crippen molar-refractivity contribution in [2.45, 2.75) is 13.3 Å². The first-order valence-corrected chi connectivity index (χ1v) is 7.70. The average molecular weight is 311 g/mol. The van der Waals surface area contributed by atoms with Crippen LogP contribution in [0.3, 0.4) is 0 Å². The number of nitrogens with zero attached hydrogens (tertiary/aromatic N) is 3.